The van der Waals surface area contributed by atoms with Gasteiger partial charge in [-0.15, -0.1) is 0 Å². The molecule has 0 aliphatic heterocycles. The van der Waals surface area contributed by atoms with Crippen LogP contribution in [-0.2, 0) is 4.74 Å². The predicted octanol–water partition coefficient (Wildman–Crippen LogP) is 4.78. The molecule has 1 heteroatoms. The number of hydrogen-bond donors (Lipinski definition) is 0. The van der Waals surface area contributed by atoms with Gasteiger partial charge in [0.25, 0.3) is 0 Å². The quantitative estimate of drug-likeness (QED) is 0.651. The molecule has 1 nitrogen and oxygen atoms in total. The maximum Gasteiger partial charge on any atom is 0.0919 e. The summed E-state index contributed by atoms with van der Waals surface area (Å²) in [7, 11) is 0. The van der Waals surface area contributed by atoms with E-state index < -0.39 is 0 Å². The van der Waals surface area contributed by atoms with Crippen molar-refractivity contribution >= 4 is 0 Å². The average molecular weight is 248 g/mol. The standard InChI is InChI=1S/C17H28O/c1-12-4-3-5-14(8-12)11-18-13(2)15-6-7-16-10-17(16)9-15/h12,14-17H,2-11H2,1H3. The lowest BCUT2D eigenvalue weighted by atomic mass is 9.83. The van der Waals surface area contributed by atoms with E-state index in [0.717, 1.165) is 36.0 Å². The molecule has 102 valence electrons. The predicted molar refractivity (Wildman–Crippen MR) is 75.2 cm³/mol. The summed E-state index contributed by atoms with van der Waals surface area (Å²) < 4.78 is 6.04. The largest absolute Gasteiger partial charge is 0.498 e. The van der Waals surface area contributed by atoms with Crippen molar-refractivity contribution in [1.29, 1.82) is 0 Å². The van der Waals surface area contributed by atoms with Crippen molar-refractivity contribution in [3.63, 3.8) is 0 Å². The van der Waals surface area contributed by atoms with E-state index >= 15 is 0 Å². The van der Waals surface area contributed by atoms with Crippen LogP contribution in [-0.4, -0.2) is 6.61 Å². The van der Waals surface area contributed by atoms with Gasteiger partial charge in [0.2, 0.25) is 0 Å². The van der Waals surface area contributed by atoms with Gasteiger partial charge in [-0.25, -0.2) is 0 Å². The van der Waals surface area contributed by atoms with Crippen molar-refractivity contribution in [2.75, 3.05) is 6.61 Å². The molecular formula is C17H28O. The Morgan fingerprint density at radius 1 is 1.06 bits per heavy atom. The highest BCUT2D eigenvalue weighted by Crippen LogP contribution is 2.52. The fourth-order valence-electron chi connectivity index (χ4n) is 4.20. The van der Waals surface area contributed by atoms with E-state index in [1.54, 1.807) is 0 Å². The Morgan fingerprint density at radius 3 is 2.72 bits per heavy atom. The molecule has 3 aliphatic rings. The minimum atomic E-state index is 0.676. The topological polar surface area (TPSA) is 9.23 Å². The summed E-state index contributed by atoms with van der Waals surface area (Å²) in [5, 5.41) is 0. The fraction of sp³-hybridized carbons (Fsp3) is 0.882. The number of allylic oxidation sites excluding steroid dienone is 1. The summed E-state index contributed by atoms with van der Waals surface area (Å²) in [6.07, 6.45) is 11.2. The Hall–Kier alpha value is -0.460. The lowest BCUT2D eigenvalue weighted by Crippen LogP contribution is -2.20. The second-order valence-corrected chi connectivity index (χ2v) is 7.18. The molecule has 3 saturated carbocycles. The molecule has 0 aromatic rings. The van der Waals surface area contributed by atoms with Crippen LogP contribution in [0.2, 0.25) is 0 Å². The molecule has 0 spiro atoms. The van der Waals surface area contributed by atoms with Crippen LogP contribution in [0.1, 0.15) is 58.3 Å². The van der Waals surface area contributed by atoms with Crippen LogP contribution >= 0.6 is 0 Å². The molecule has 3 fully saturated rings. The molecule has 0 saturated heterocycles. The summed E-state index contributed by atoms with van der Waals surface area (Å²) in [4.78, 5) is 0. The van der Waals surface area contributed by atoms with E-state index in [-0.39, 0.29) is 0 Å². The zero-order valence-corrected chi connectivity index (χ0v) is 11.9. The van der Waals surface area contributed by atoms with Gasteiger partial charge in [-0.1, -0.05) is 26.3 Å². The Kier molecular flexibility index (Phi) is 3.68. The maximum atomic E-state index is 6.04. The van der Waals surface area contributed by atoms with E-state index in [1.807, 2.05) is 0 Å². The first-order valence-electron chi connectivity index (χ1n) is 8.04. The van der Waals surface area contributed by atoms with Gasteiger partial charge in [0.05, 0.1) is 12.4 Å². The molecule has 3 aliphatic carbocycles. The molecule has 0 aromatic carbocycles. The molecular weight excluding hydrogens is 220 g/mol. The summed E-state index contributed by atoms with van der Waals surface area (Å²) in [5.74, 6) is 5.59. The maximum absolute atomic E-state index is 6.04. The van der Waals surface area contributed by atoms with Crippen molar-refractivity contribution in [2.45, 2.75) is 58.3 Å². The summed E-state index contributed by atoms with van der Waals surface area (Å²) >= 11 is 0. The summed E-state index contributed by atoms with van der Waals surface area (Å²) in [5.41, 5.74) is 0. The van der Waals surface area contributed by atoms with Gasteiger partial charge in [-0.05, 0) is 62.2 Å². The first kappa shape index (κ1) is 12.6. The lowest BCUT2D eigenvalue weighted by molar-refractivity contribution is 0.101. The summed E-state index contributed by atoms with van der Waals surface area (Å²) in [6, 6.07) is 0. The highest BCUT2D eigenvalue weighted by Gasteiger charge is 2.42. The average Bonchev–Trinajstić information content (AvgIpc) is 3.14. The third kappa shape index (κ3) is 2.92. The molecule has 0 aromatic heterocycles. The van der Waals surface area contributed by atoms with Crippen LogP contribution in [0.5, 0.6) is 0 Å². The van der Waals surface area contributed by atoms with Crippen LogP contribution in [0.3, 0.4) is 0 Å². The van der Waals surface area contributed by atoms with Crippen molar-refractivity contribution in [3.8, 4) is 0 Å². The Balaban J connectivity index is 1.40. The van der Waals surface area contributed by atoms with Crippen LogP contribution in [0.25, 0.3) is 0 Å². The minimum Gasteiger partial charge on any atom is -0.498 e. The van der Waals surface area contributed by atoms with Crippen LogP contribution in [0.4, 0.5) is 0 Å². The molecule has 0 bridgehead atoms. The SMILES string of the molecule is C=C(OCC1CCCC(C)C1)C1CCC2CC2C1. The molecule has 0 amide bonds. The molecule has 0 N–H and O–H groups in total. The fourth-order valence-corrected chi connectivity index (χ4v) is 4.20. The van der Waals surface area contributed by atoms with E-state index in [9.17, 15) is 0 Å². The second-order valence-electron chi connectivity index (χ2n) is 7.18. The van der Waals surface area contributed by atoms with Gasteiger partial charge >= 0.3 is 0 Å². The van der Waals surface area contributed by atoms with E-state index in [0.29, 0.717) is 5.92 Å². The Morgan fingerprint density at radius 2 is 1.94 bits per heavy atom. The van der Waals surface area contributed by atoms with Crippen molar-refractivity contribution in [3.05, 3.63) is 12.3 Å². The monoisotopic (exact) mass is 248 g/mol. The minimum absolute atomic E-state index is 0.676. The lowest BCUT2D eigenvalue weighted by Gasteiger charge is -2.29. The zero-order valence-electron chi connectivity index (χ0n) is 11.9. The first-order chi connectivity index (χ1) is 8.72. The van der Waals surface area contributed by atoms with Crippen molar-refractivity contribution < 1.29 is 4.74 Å². The number of fused-ring (bicyclic) bond motifs is 1. The van der Waals surface area contributed by atoms with Gasteiger partial charge in [0.1, 0.15) is 0 Å². The van der Waals surface area contributed by atoms with E-state index in [4.69, 9.17) is 4.74 Å². The molecule has 3 rings (SSSR count). The van der Waals surface area contributed by atoms with Gasteiger partial charge in [0, 0.05) is 5.92 Å². The number of rotatable bonds is 4. The Bertz CT molecular complexity index is 309. The van der Waals surface area contributed by atoms with E-state index in [2.05, 4.69) is 13.5 Å². The molecule has 18 heavy (non-hydrogen) atoms. The van der Waals surface area contributed by atoms with E-state index in [1.165, 1.54) is 51.4 Å². The van der Waals surface area contributed by atoms with Crippen LogP contribution < -0.4 is 0 Å². The third-order valence-corrected chi connectivity index (χ3v) is 5.55. The first-order valence-corrected chi connectivity index (χ1v) is 8.04. The molecule has 5 atom stereocenters. The van der Waals surface area contributed by atoms with Gasteiger partial charge in [-0.2, -0.15) is 0 Å². The van der Waals surface area contributed by atoms with Gasteiger partial charge in [0.15, 0.2) is 0 Å². The summed E-state index contributed by atoms with van der Waals surface area (Å²) in [6.45, 7) is 7.54. The van der Waals surface area contributed by atoms with Gasteiger partial charge in [-0.3, -0.25) is 0 Å². The normalized spacial score (nSPS) is 43.1. The highest BCUT2D eigenvalue weighted by atomic mass is 16.5. The van der Waals surface area contributed by atoms with Crippen molar-refractivity contribution in [2.24, 2.45) is 29.6 Å². The zero-order chi connectivity index (χ0) is 12.5. The van der Waals surface area contributed by atoms with Crippen LogP contribution in [0.15, 0.2) is 12.3 Å². The molecule has 0 radical (unpaired) electrons. The molecule has 5 unspecified atom stereocenters. The number of hydrogen-bond acceptors (Lipinski definition) is 1. The smallest absolute Gasteiger partial charge is 0.0919 e. The third-order valence-electron chi connectivity index (χ3n) is 5.55. The molecule has 0 heterocycles. The van der Waals surface area contributed by atoms with Crippen LogP contribution in [0, 0.1) is 29.6 Å². The van der Waals surface area contributed by atoms with Crippen molar-refractivity contribution in [1.82, 2.24) is 0 Å². The Labute approximate surface area is 112 Å². The number of ether oxygens (including phenoxy) is 1. The van der Waals surface area contributed by atoms with Gasteiger partial charge < -0.3 is 4.74 Å². The highest BCUT2D eigenvalue weighted by molar-refractivity contribution is 5.01. The second kappa shape index (κ2) is 5.27.